The Morgan fingerprint density at radius 2 is 2.04 bits per heavy atom. The number of carbonyl (C=O) groups excluding carboxylic acids is 1. The van der Waals surface area contributed by atoms with Crippen LogP contribution >= 0.6 is 11.3 Å². The van der Waals surface area contributed by atoms with Crippen LogP contribution in [0.2, 0.25) is 0 Å². The van der Waals surface area contributed by atoms with Crippen LogP contribution in [-0.4, -0.2) is 32.7 Å². The SMILES string of the molecule is Cc1nc(CCN2Cc3nccc(-c4ccncc4)c3C2C=O)sc1C. The van der Waals surface area contributed by atoms with Crippen LogP contribution in [0, 0.1) is 13.8 Å². The molecule has 1 aliphatic rings. The van der Waals surface area contributed by atoms with Gasteiger partial charge in [-0.05, 0) is 43.2 Å². The molecule has 132 valence electrons. The zero-order valence-electron chi connectivity index (χ0n) is 14.8. The lowest BCUT2D eigenvalue weighted by Gasteiger charge is -2.20. The summed E-state index contributed by atoms with van der Waals surface area (Å²) in [5.41, 5.74) is 5.25. The number of aromatic nitrogens is 3. The summed E-state index contributed by atoms with van der Waals surface area (Å²) in [5.74, 6) is 0. The van der Waals surface area contributed by atoms with Gasteiger partial charge in [-0.1, -0.05) is 0 Å². The molecule has 6 heteroatoms. The maximum Gasteiger partial charge on any atom is 0.141 e. The summed E-state index contributed by atoms with van der Waals surface area (Å²) in [6.45, 7) is 5.63. The highest BCUT2D eigenvalue weighted by molar-refractivity contribution is 7.11. The van der Waals surface area contributed by atoms with Crippen molar-refractivity contribution >= 4 is 17.6 Å². The van der Waals surface area contributed by atoms with E-state index in [0.29, 0.717) is 6.54 Å². The third-order valence-electron chi connectivity index (χ3n) is 4.92. The molecule has 3 aromatic heterocycles. The molecule has 26 heavy (non-hydrogen) atoms. The Labute approximate surface area is 156 Å². The van der Waals surface area contributed by atoms with Crippen molar-refractivity contribution in [3.8, 4) is 11.1 Å². The van der Waals surface area contributed by atoms with Crippen molar-refractivity contribution in [3.05, 3.63) is 63.6 Å². The molecule has 5 nitrogen and oxygen atoms in total. The molecule has 1 aliphatic heterocycles. The van der Waals surface area contributed by atoms with E-state index in [4.69, 9.17) is 0 Å². The molecule has 1 atom stereocenters. The molecular formula is C20H20N4OS. The highest BCUT2D eigenvalue weighted by atomic mass is 32.1. The Bertz CT molecular complexity index is 919. The van der Waals surface area contributed by atoms with Gasteiger partial charge in [-0.2, -0.15) is 0 Å². The zero-order chi connectivity index (χ0) is 18.1. The minimum absolute atomic E-state index is 0.260. The van der Waals surface area contributed by atoms with Crippen LogP contribution in [0.5, 0.6) is 0 Å². The van der Waals surface area contributed by atoms with Crippen molar-refractivity contribution in [3.63, 3.8) is 0 Å². The van der Waals surface area contributed by atoms with Gasteiger partial charge in [-0.3, -0.25) is 14.9 Å². The minimum Gasteiger partial charge on any atom is -0.301 e. The predicted octanol–water partition coefficient (Wildman–Crippen LogP) is 3.52. The van der Waals surface area contributed by atoms with Gasteiger partial charge in [0.1, 0.15) is 6.29 Å². The van der Waals surface area contributed by atoms with Crippen LogP contribution in [-0.2, 0) is 17.8 Å². The van der Waals surface area contributed by atoms with E-state index in [9.17, 15) is 4.79 Å². The fourth-order valence-electron chi connectivity index (χ4n) is 3.49. The zero-order valence-corrected chi connectivity index (χ0v) is 15.7. The number of fused-ring (bicyclic) bond motifs is 1. The Morgan fingerprint density at radius 1 is 1.23 bits per heavy atom. The second-order valence-electron chi connectivity index (χ2n) is 6.51. The van der Waals surface area contributed by atoms with Gasteiger partial charge in [0.15, 0.2) is 0 Å². The Hall–Kier alpha value is -2.44. The molecule has 0 bridgehead atoms. The van der Waals surface area contributed by atoms with E-state index in [1.807, 2.05) is 31.3 Å². The number of nitrogens with zero attached hydrogens (tertiary/aromatic N) is 4. The van der Waals surface area contributed by atoms with Gasteiger partial charge in [0, 0.05) is 48.5 Å². The van der Waals surface area contributed by atoms with Gasteiger partial charge >= 0.3 is 0 Å². The van der Waals surface area contributed by atoms with E-state index >= 15 is 0 Å². The van der Waals surface area contributed by atoms with Crippen molar-refractivity contribution in [1.29, 1.82) is 0 Å². The number of carbonyl (C=O) groups is 1. The molecule has 0 aliphatic carbocycles. The average molecular weight is 364 g/mol. The largest absolute Gasteiger partial charge is 0.301 e. The highest BCUT2D eigenvalue weighted by Crippen LogP contribution is 2.38. The molecule has 0 amide bonds. The number of rotatable bonds is 5. The monoisotopic (exact) mass is 364 g/mol. The van der Waals surface area contributed by atoms with E-state index in [-0.39, 0.29) is 6.04 Å². The van der Waals surface area contributed by atoms with Crippen molar-refractivity contribution < 1.29 is 4.79 Å². The molecular weight excluding hydrogens is 344 g/mol. The molecule has 0 radical (unpaired) electrons. The molecule has 0 spiro atoms. The highest BCUT2D eigenvalue weighted by Gasteiger charge is 2.33. The van der Waals surface area contributed by atoms with Gasteiger partial charge < -0.3 is 4.79 Å². The van der Waals surface area contributed by atoms with Gasteiger partial charge in [0.2, 0.25) is 0 Å². The van der Waals surface area contributed by atoms with Crippen LogP contribution in [0.1, 0.15) is 32.9 Å². The van der Waals surface area contributed by atoms with Crippen LogP contribution < -0.4 is 0 Å². The topological polar surface area (TPSA) is 59.0 Å². The minimum atomic E-state index is -0.260. The summed E-state index contributed by atoms with van der Waals surface area (Å²) in [4.78, 5) is 28.6. The first-order valence-corrected chi connectivity index (χ1v) is 9.49. The summed E-state index contributed by atoms with van der Waals surface area (Å²) in [6, 6.07) is 5.67. The quantitative estimate of drug-likeness (QED) is 0.649. The standard InChI is InChI=1S/C20H20N4OS/c1-13-14(2)26-19(23-13)6-10-24-11-17-20(18(24)12-25)16(5-9-22-17)15-3-7-21-8-4-15/h3-5,7-9,12,18H,6,10-11H2,1-2H3. The lowest BCUT2D eigenvalue weighted by molar-refractivity contribution is -0.112. The molecule has 0 N–H and O–H groups in total. The lowest BCUT2D eigenvalue weighted by atomic mass is 9.97. The Balaban J connectivity index is 1.61. The van der Waals surface area contributed by atoms with Crippen LogP contribution in [0.15, 0.2) is 36.8 Å². The van der Waals surface area contributed by atoms with E-state index in [1.54, 1.807) is 23.7 Å². The summed E-state index contributed by atoms with van der Waals surface area (Å²) >= 11 is 1.74. The van der Waals surface area contributed by atoms with E-state index in [0.717, 1.165) is 52.3 Å². The number of hydrogen-bond acceptors (Lipinski definition) is 6. The summed E-state index contributed by atoms with van der Waals surface area (Å²) in [5, 5.41) is 1.13. The molecule has 0 saturated carbocycles. The number of aryl methyl sites for hydroxylation is 2. The number of pyridine rings is 2. The number of hydrogen-bond donors (Lipinski definition) is 0. The predicted molar refractivity (Wildman–Crippen MR) is 102 cm³/mol. The molecule has 3 aromatic rings. The van der Waals surface area contributed by atoms with Crippen molar-refractivity contribution in [2.75, 3.05) is 6.54 Å². The van der Waals surface area contributed by atoms with Gasteiger partial charge in [0.05, 0.1) is 22.4 Å². The summed E-state index contributed by atoms with van der Waals surface area (Å²) < 4.78 is 0. The van der Waals surface area contributed by atoms with Crippen molar-refractivity contribution in [2.24, 2.45) is 0 Å². The third kappa shape index (κ3) is 3.06. The van der Waals surface area contributed by atoms with E-state index in [1.165, 1.54) is 4.88 Å². The first kappa shape index (κ1) is 17.0. The fourth-order valence-corrected chi connectivity index (χ4v) is 4.41. The lowest BCUT2D eigenvalue weighted by Crippen LogP contribution is -2.25. The number of aldehydes is 1. The van der Waals surface area contributed by atoms with Crippen LogP contribution in [0.3, 0.4) is 0 Å². The molecule has 0 fully saturated rings. The van der Waals surface area contributed by atoms with E-state index in [2.05, 4.69) is 26.8 Å². The average Bonchev–Trinajstić information content (AvgIpc) is 3.19. The summed E-state index contributed by atoms with van der Waals surface area (Å²) in [6.07, 6.45) is 7.27. The maximum atomic E-state index is 11.9. The third-order valence-corrected chi connectivity index (χ3v) is 6.05. The van der Waals surface area contributed by atoms with Gasteiger partial charge in [-0.25, -0.2) is 4.98 Å². The second kappa shape index (κ2) is 7.05. The van der Waals surface area contributed by atoms with Crippen LogP contribution in [0.25, 0.3) is 11.1 Å². The normalized spacial score (nSPS) is 16.6. The maximum absolute atomic E-state index is 11.9. The molecule has 1 unspecified atom stereocenters. The smallest absolute Gasteiger partial charge is 0.141 e. The van der Waals surface area contributed by atoms with Gasteiger partial charge in [-0.15, -0.1) is 11.3 Å². The first-order valence-electron chi connectivity index (χ1n) is 8.68. The Morgan fingerprint density at radius 3 is 2.73 bits per heavy atom. The molecule has 0 saturated heterocycles. The second-order valence-corrected chi connectivity index (χ2v) is 7.79. The fraction of sp³-hybridized carbons (Fsp3) is 0.300. The molecule has 4 rings (SSSR count). The Kier molecular flexibility index (Phi) is 4.61. The first-order chi connectivity index (χ1) is 12.7. The molecule has 4 heterocycles. The summed E-state index contributed by atoms with van der Waals surface area (Å²) in [7, 11) is 0. The van der Waals surface area contributed by atoms with Crippen LogP contribution in [0.4, 0.5) is 0 Å². The van der Waals surface area contributed by atoms with Crippen molar-refractivity contribution in [2.45, 2.75) is 32.9 Å². The van der Waals surface area contributed by atoms with Gasteiger partial charge in [0.25, 0.3) is 0 Å². The number of thiazole rings is 1. The van der Waals surface area contributed by atoms with E-state index < -0.39 is 0 Å². The van der Waals surface area contributed by atoms with Crippen molar-refractivity contribution in [1.82, 2.24) is 19.9 Å². The molecule has 0 aromatic carbocycles.